The zero-order chi connectivity index (χ0) is 18.2. The van der Waals surface area contributed by atoms with Crippen molar-refractivity contribution in [1.82, 2.24) is 19.0 Å². The second-order valence-electron chi connectivity index (χ2n) is 8.01. The second-order valence-corrected chi connectivity index (χ2v) is 8.01. The monoisotopic (exact) mass is 364 g/mol. The van der Waals surface area contributed by atoms with Crippen molar-refractivity contribution in [1.29, 1.82) is 0 Å². The lowest BCUT2D eigenvalue weighted by Crippen LogP contribution is -2.37. The van der Waals surface area contributed by atoms with Gasteiger partial charge < -0.3 is 13.9 Å². The zero-order valence-electron chi connectivity index (χ0n) is 16.1. The fraction of sp³-hybridized carbons (Fsp3) is 0.500. The number of rotatable bonds is 4. The normalized spacial score (nSPS) is 18.7. The molecular weight excluding hydrogens is 336 g/mol. The number of ether oxygens (including phenoxy) is 1. The summed E-state index contributed by atoms with van der Waals surface area (Å²) >= 11 is 0. The van der Waals surface area contributed by atoms with Crippen molar-refractivity contribution in [3.8, 4) is 5.75 Å². The molecule has 0 spiro atoms. The summed E-state index contributed by atoms with van der Waals surface area (Å²) in [6, 6.07) is 8.49. The summed E-state index contributed by atoms with van der Waals surface area (Å²) in [5, 5.41) is 1.21. The van der Waals surface area contributed by atoms with Crippen molar-refractivity contribution >= 4 is 10.9 Å². The Hall–Kier alpha value is -2.27. The molecule has 0 saturated carbocycles. The molecule has 0 unspecified atom stereocenters. The Morgan fingerprint density at radius 1 is 1.11 bits per heavy atom. The lowest BCUT2D eigenvalue weighted by atomic mass is 10.1. The molecule has 3 aromatic rings. The Bertz CT molecular complexity index is 910. The summed E-state index contributed by atoms with van der Waals surface area (Å²) < 4.78 is 10.9. The van der Waals surface area contributed by atoms with Gasteiger partial charge >= 0.3 is 0 Å². The maximum Gasteiger partial charge on any atom is 0.129 e. The van der Waals surface area contributed by atoms with Crippen LogP contribution < -0.4 is 4.74 Å². The van der Waals surface area contributed by atoms with Crippen molar-refractivity contribution in [3.63, 3.8) is 0 Å². The van der Waals surface area contributed by atoms with E-state index in [1.165, 1.54) is 35.3 Å². The van der Waals surface area contributed by atoms with Crippen LogP contribution in [0.3, 0.4) is 0 Å². The van der Waals surface area contributed by atoms with Gasteiger partial charge in [-0.3, -0.25) is 4.90 Å². The molecule has 0 amide bonds. The second kappa shape index (κ2) is 7.04. The summed E-state index contributed by atoms with van der Waals surface area (Å²) in [6.07, 6.45) is 10.6. The van der Waals surface area contributed by atoms with Gasteiger partial charge in [0.1, 0.15) is 17.7 Å². The zero-order valence-corrected chi connectivity index (χ0v) is 16.1. The maximum atomic E-state index is 6.39. The molecule has 1 aromatic carbocycles. The molecule has 5 rings (SSSR count). The van der Waals surface area contributed by atoms with Gasteiger partial charge in [0.25, 0.3) is 0 Å². The van der Waals surface area contributed by atoms with Crippen molar-refractivity contribution in [3.05, 3.63) is 48.2 Å². The number of fused-ring (bicyclic) bond motifs is 2. The van der Waals surface area contributed by atoms with E-state index in [0.717, 1.165) is 51.2 Å². The molecule has 0 radical (unpaired) electrons. The molecule has 2 aliphatic heterocycles. The minimum absolute atomic E-state index is 0.308. The number of benzene rings is 1. The van der Waals surface area contributed by atoms with Gasteiger partial charge in [-0.1, -0.05) is 6.07 Å². The number of imidazole rings is 1. The van der Waals surface area contributed by atoms with E-state index >= 15 is 0 Å². The molecule has 27 heavy (non-hydrogen) atoms. The predicted molar refractivity (Wildman–Crippen MR) is 107 cm³/mol. The third-order valence-electron chi connectivity index (χ3n) is 6.06. The Kier molecular flexibility index (Phi) is 4.40. The smallest absolute Gasteiger partial charge is 0.129 e. The van der Waals surface area contributed by atoms with E-state index in [4.69, 9.17) is 9.72 Å². The largest absolute Gasteiger partial charge is 0.490 e. The van der Waals surface area contributed by atoms with E-state index in [2.05, 4.69) is 57.7 Å². The van der Waals surface area contributed by atoms with E-state index < -0.39 is 0 Å². The Labute approximate surface area is 160 Å². The maximum absolute atomic E-state index is 6.39. The quantitative estimate of drug-likeness (QED) is 0.707. The standard InChI is InChI=1S/C22H28N4O/c1-24-12-10-19-20(24)5-4-6-21(19)27-18-8-13-25(14-9-18)15-17-16-26-11-3-2-7-22(26)23-17/h4-6,10,12,16,18H,2-3,7-9,11,13-15H2,1H3. The van der Waals surface area contributed by atoms with Crippen LogP contribution in [0.25, 0.3) is 10.9 Å². The molecule has 1 fully saturated rings. The van der Waals surface area contributed by atoms with Gasteiger partial charge in [-0.2, -0.15) is 0 Å². The molecule has 0 aliphatic carbocycles. The predicted octanol–water partition coefficient (Wildman–Crippen LogP) is 3.75. The van der Waals surface area contributed by atoms with Crippen LogP contribution in [-0.4, -0.2) is 38.2 Å². The molecule has 142 valence electrons. The van der Waals surface area contributed by atoms with Gasteiger partial charge in [0.2, 0.25) is 0 Å². The third kappa shape index (κ3) is 3.36. The minimum atomic E-state index is 0.308. The van der Waals surface area contributed by atoms with Gasteiger partial charge in [-0.15, -0.1) is 0 Å². The number of hydrogen-bond donors (Lipinski definition) is 0. The van der Waals surface area contributed by atoms with Crippen LogP contribution in [0.4, 0.5) is 0 Å². The number of aryl methyl sites for hydroxylation is 3. The minimum Gasteiger partial charge on any atom is -0.490 e. The van der Waals surface area contributed by atoms with Crippen LogP contribution in [0.15, 0.2) is 36.7 Å². The number of nitrogens with zero attached hydrogens (tertiary/aromatic N) is 4. The first kappa shape index (κ1) is 16.9. The lowest BCUT2D eigenvalue weighted by molar-refractivity contribution is 0.0973. The summed E-state index contributed by atoms with van der Waals surface area (Å²) in [6.45, 7) is 4.28. The fourth-order valence-electron chi connectivity index (χ4n) is 4.52. The highest BCUT2D eigenvalue weighted by Crippen LogP contribution is 2.29. The Morgan fingerprint density at radius 3 is 2.85 bits per heavy atom. The highest BCUT2D eigenvalue weighted by Gasteiger charge is 2.22. The van der Waals surface area contributed by atoms with Crippen molar-refractivity contribution < 1.29 is 4.74 Å². The van der Waals surface area contributed by atoms with Gasteiger partial charge in [-0.25, -0.2) is 4.98 Å². The Morgan fingerprint density at radius 2 is 2.00 bits per heavy atom. The molecule has 1 saturated heterocycles. The summed E-state index contributed by atoms with van der Waals surface area (Å²) in [4.78, 5) is 7.38. The average Bonchev–Trinajstić information content (AvgIpc) is 3.27. The van der Waals surface area contributed by atoms with Gasteiger partial charge in [0.15, 0.2) is 0 Å². The molecule has 2 aromatic heterocycles. The number of likely N-dealkylation sites (tertiary alicyclic amines) is 1. The van der Waals surface area contributed by atoms with Crippen LogP contribution >= 0.6 is 0 Å². The molecule has 4 heterocycles. The molecule has 0 atom stereocenters. The van der Waals surface area contributed by atoms with E-state index in [1.807, 2.05) is 0 Å². The number of piperidine rings is 1. The highest BCUT2D eigenvalue weighted by molar-refractivity contribution is 5.86. The van der Waals surface area contributed by atoms with Crippen LogP contribution in [0, 0.1) is 0 Å². The summed E-state index contributed by atoms with van der Waals surface area (Å²) in [7, 11) is 2.08. The number of aromatic nitrogens is 3. The van der Waals surface area contributed by atoms with E-state index in [1.54, 1.807) is 0 Å². The average molecular weight is 364 g/mol. The van der Waals surface area contributed by atoms with E-state index in [9.17, 15) is 0 Å². The molecule has 2 aliphatic rings. The van der Waals surface area contributed by atoms with Crippen LogP contribution in [-0.2, 0) is 26.6 Å². The van der Waals surface area contributed by atoms with Gasteiger partial charge in [-0.05, 0) is 43.9 Å². The first-order valence-corrected chi connectivity index (χ1v) is 10.2. The third-order valence-corrected chi connectivity index (χ3v) is 6.06. The van der Waals surface area contributed by atoms with Crippen molar-refractivity contribution in [2.45, 2.75) is 51.3 Å². The van der Waals surface area contributed by atoms with Crippen molar-refractivity contribution in [2.75, 3.05) is 13.1 Å². The van der Waals surface area contributed by atoms with E-state index in [-0.39, 0.29) is 0 Å². The first-order valence-electron chi connectivity index (χ1n) is 10.2. The fourth-order valence-corrected chi connectivity index (χ4v) is 4.52. The topological polar surface area (TPSA) is 35.2 Å². The SMILES string of the molecule is Cn1ccc2c(OC3CCN(Cc4cn5c(n4)CCCC5)CC3)cccc21. The molecule has 5 nitrogen and oxygen atoms in total. The molecule has 5 heteroatoms. The Balaban J connectivity index is 1.19. The van der Waals surface area contributed by atoms with Crippen LogP contribution in [0.2, 0.25) is 0 Å². The molecule has 0 N–H and O–H groups in total. The molecular formula is C22H28N4O. The number of hydrogen-bond acceptors (Lipinski definition) is 3. The summed E-state index contributed by atoms with van der Waals surface area (Å²) in [5.74, 6) is 2.30. The van der Waals surface area contributed by atoms with Gasteiger partial charge in [0, 0.05) is 57.4 Å². The van der Waals surface area contributed by atoms with Gasteiger partial charge in [0.05, 0.1) is 11.2 Å². The first-order chi connectivity index (χ1) is 13.3. The highest BCUT2D eigenvalue weighted by atomic mass is 16.5. The van der Waals surface area contributed by atoms with Crippen LogP contribution in [0.1, 0.15) is 37.2 Å². The molecule has 0 bridgehead atoms. The van der Waals surface area contributed by atoms with Crippen molar-refractivity contribution in [2.24, 2.45) is 7.05 Å². The summed E-state index contributed by atoms with van der Waals surface area (Å²) in [5.41, 5.74) is 2.47. The van der Waals surface area contributed by atoms with E-state index in [0.29, 0.717) is 6.10 Å². The van der Waals surface area contributed by atoms with Crippen LogP contribution in [0.5, 0.6) is 5.75 Å². The lowest BCUT2D eigenvalue weighted by Gasteiger charge is -2.31.